The molecule has 0 spiro atoms. The second-order valence-electron chi connectivity index (χ2n) is 2.13. The lowest BCUT2D eigenvalue weighted by Gasteiger charge is -1.92. The van der Waals surface area contributed by atoms with E-state index in [2.05, 4.69) is 6.58 Å². The quantitative estimate of drug-likeness (QED) is 0.685. The molecule has 0 aliphatic heterocycles. The average Bonchev–Trinajstić information content (AvgIpc) is 1.94. The molecule has 1 aromatic rings. The lowest BCUT2D eigenvalue weighted by Crippen LogP contribution is -1.68. The van der Waals surface area contributed by atoms with Crippen LogP contribution in [-0.2, 0) is 0 Å². The van der Waals surface area contributed by atoms with Crippen LogP contribution in [0, 0.1) is 6.92 Å². The summed E-state index contributed by atoms with van der Waals surface area (Å²) in [5.41, 5.74) is 0.924. The van der Waals surface area contributed by atoms with Crippen LogP contribution in [0.3, 0.4) is 0 Å². The molecule has 0 bridgehead atoms. The third kappa shape index (κ3) is 6.08. The Morgan fingerprint density at radius 2 is 1.75 bits per heavy atom. The molecule has 1 aromatic carbocycles. The molecule has 0 unspecified atom stereocenters. The number of hydrogen-bond donors (Lipinski definition) is 1. The van der Waals surface area contributed by atoms with Gasteiger partial charge in [-0.2, -0.15) is 0 Å². The summed E-state index contributed by atoms with van der Waals surface area (Å²) in [5, 5.41) is 8.92. The maximum atomic E-state index is 8.92. The van der Waals surface area contributed by atoms with E-state index in [1.165, 1.54) is 0 Å². The molecule has 0 fully saturated rings. The van der Waals surface area contributed by atoms with Crippen LogP contribution in [0.2, 0.25) is 0 Å². The molecule has 0 aliphatic carbocycles. The average molecular weight is 205 g/mol. The number of phenols is 1. The Labute approximate surface area is 82.2 Å². The van der Waals surface area contributed by atoms with Gasteiger partial charge in [0.2, 0.25) is 0 Å². The van der Waals surface area contributed by atoms with Gasteiger partial charge in [0.25, 0.3) is 0 Å². The zero-order valence-electron chi connectivity index (χ0n) is 6.72. The van der Waals surface area contributed by atoms with E-state index >= 15 is 0 Å². The molecule has 0 amide bonds. The van der Waals surface area contributed by atoms with Crippen molar-refractivity contribution < 1.29 is 5.11 Å². The van der Waals surface area contributed by atoms with Crippen molar-refractivity contribution in [2.45, 2.75) is 6.92 Å². The molecule has 12 heavy (non-hydrogen) atoms. The lowest BCUT2D eigenvalue weighted by atomic mass is 10.2. The van der Waals surface area contributed by atoms with E-state index in [0.29, 0.717) is 5.75 Å². The fourth-order valence-corrected chi connectivity index (χ4v) is 0.563. The SMILES string of the molecule is C=C(Cl)Cl.Cc1ccccc1O. The Kier molecular flexibility index (Phi) is 5.60. The smallest absolute Gasteiger partial charge is 0.118 e. The zero-order valence-corrected chi connectivity index (χ0v) is 8.23. The molecule has 1 nitrogen and oxygen atoms in total. The first kappa shape index (κ1) is 11.3. The van der Waals surface area contributed by atoms with Gasteiger partial charge in [0.05, 0.1) is 4.49 Å². The number of aromatic hydroxyl groups is 1. The van der Waals surface area contributed by atoms with Crippen LogP contribution >= 0.6 is 23.2 Å². The van der Waals surface area contributed by atoms with E-state index in [9.17, 15) is 0 Å². The second kappa shape index (κ2) is 5.92. The van der Waals surface area contributed by atoms with E-state index < -0.39 is 0 Å². The molecular formula is C9H10Cl2O. The van der Waals surface area contributed by atoms with Crippen molar-refractivity contribution in [2.24, 2.45) is 0 Å². The van der Waals surface area contributed by atoms with E-state index in [1.807, 2.05) is 25.1 Å². The molecule has 0 atom stereocenters. The highest BCUT2D eigenvalue weighted by atomic mass is 35.5. The molecule has 0 radical (unpaired) electrons. The molecule has 3 heteroatoms. The van der Waals surface area contributed by atoms with Gasteiger partial charge in [0.15, 0.2) is 0 Å². The minimum Gasteiger partial charge on any atom is -0.508 e. The van der Waals surface area contributed by atoms with Crippen molar-refractivity contribution >= 4 is 23.2 Å². The van der Waals surface area contributed by atoms with Gasteiger partial charge >= 0.3 is 0 Å². The Balaban J connectivity index is 0.000000261. The van der Waals surface area contributed by atoms with E-state index in [4.69, 9.17) is 28.3 Å². The van der Waals surface area contributed by atoms with Gasteiger partial charge in [-0.25, -0.2) is 0 Å². The Morgan fingerprint density at radius 1 is 1.33 bits per heavy atom. The molecule has 0 aromatic heterocycles. The van der Waals surface area contributed by atoms with Crippen molar-refractivity contribution in [3.8, 4) is 5.75 Å². The molecule has 0 saturated carbocycles. The van der Waals surface area contributed by atoms with Gasteiger partial charge < -0.3 is 5.11 Å². The van der Waals surface area contributed by atoms with Crippen molar-refractivity contribution in [1.82, 2.24) is 0 Å². The minimum atomic E-state index is 0.111. The molecular weight excluding hydrogens is 195 g/mol. The van der Waals surface area contributed by atoms with E-state index in [-0.39, 0.29) is 4.49 Å². The summed E-state index contributed by atoms with van der Waals surface area (Å²) in [7, 11) is 0. The number of halogens is 2. The molecule has 0 aliphatic rings. The summed E-state index contributed by atoms with van der Waals surface area (Å²) in [6.07, 6.45) is 0. The summed E-state index contributed by atoms with van der Waals surface area (Å²) in [6, 6.07) is 7.25. The first-order valence-corrected chi connectivity index (χ1v) is 4.04. The fraction of sp³-hybridized carbons (Fsp3) is 0.111. The lowest BCUT2D eigenvalue weighted by molar-refractivity contribution is 0.471. The number of rotatable bonds is 0. The predicted octanol–water partition coefficient (Wildman–Crippen LogP) is 3.64. The highest BCUT2D eigenvalue weighted by Gasteiger charge is 1.86. The zero-order chi connectivity index (χ0) is 9.56. The first-order valence-electron chi connectivity index (χ1n) is 3.28. The Bertz CT molecular complexity index is 233. The number of para-hydroxylation sites is 1. The Morgan fingerprint density at radius 3 is 2.00 bits per heavy atom. The summed E-state index contributed by atoms with van der Waals surface area (Å²) < 4.78 is 0.111. The molecule has 0 heterocycles. The van der Waals surface area contributed by atoms with Gasteiger partial charge in [-0.05, 0) is 18.6 Å². The monoisotopic (exact) mass is 204 g/mol. The standard InChI is InChI=1S/C7H8O.C2H2Cl2/c1-6-4-2-3-5-7(6)8;1-2(3)4/h2-5,8H,1H3;1H2. The number of phenolic OH excluding ortho intramolecular Hbond substituents is 1. The summed E-state index contributed by atoms with van der Waals surface area (Å²) >= 11 is 9.69. The van der Waals surface area contributed by atoms with Crippen LogP contribution in [-0.4, -0.2) is 5.11 Å². The number of aryl methyl sites for hydroxylation is 1. The topological polar surface area (TPSA) is 20.2 Å². The third-order valence-corrected chi connectivity index (χ3v) is 1.12. The van der Waals surface area contributed by atoms with Crippen molar-refractivity contribution in [2.75, 3.05) is 0 Å². The van der Waals surface area contributed by atoms with Crippen LogP contribution in [0.4, 0.5) is 0 Å². The van der Waals surface area contributed by atoms with Gasteiger partial charge in [-0.15, -0.1) is 0 Å². The number of benzene rings is 1. The van der Waals surface area contributed by atoms with Crippen LogP contribution in [0.25, 0.3) is 0 Å². The Hall–Kier alpha value is -0.660. The van der Waals surface area contributed by atoms with Crippen molar-refractivity contribution in [1.29, 1.82) is 0 Å². The van der Waals surface area contributed by atoms with E-state index in [1.54, 1.807) is 6.07 Å². The summed E-state index contributed by atoms with van der Waals surface area (Å²) in [4.78, 5) is 0. The summed E-state index contributed by atoms with van der Waals surface area (Å²) in [6.45, 7) is 4.96. The van der Waals surface area contributed by atoms with E-state index in [0.717, 1.165) is 5.56 Å². The molecule has 66 valence electrons. The van der Waals surface area contributed by atoms with Gasteiger partial charge in [-0.3, -0.25) is 0 Å². The van der Waals surface area contributed by atoms with Gasteiger partial charge in [0, 0.05) is 0 Å². The molecule has 1 N–H and O–H groups in total. The normalized spacial score (nSPS) is 8.25. The van der Waals surface area contributed by atoms with Crippen LogP contribution < -0.4 is 0 Å². The molecule has 1 rings (SSSR count). The second-order valence-corrected chi connectivity index (χ2v) is 3.23. The number of hydrogen-bond acceptors (Lipinski definition) is 1. The molecule has 0 saturated heterocycles. The van der Waals surface area contributed by atoms with Gasteiger partial charge in [-0.1, -0.05) is 48.0 Å². The maximum absolute atomic E-state index is 8.92. The highest BCUT2D eigenvalue weighted by Crippen LogP contribution is 2.12. The minimum absolute atomic E-state index is 0.111. The van der Waals surface area contributed by atoms with Gasteiger partial charge in [0.1, 0.15) is 5.75 Å². The highest BCUT2D eigenvalue weighted by molar-refractivity contribution is 6.55. The summed E-state index contributed by atoms with van der Waals surface area (Å²) in [5.74, 6) is 0.368. The predicted molar refractivity (Wildman–Crippen MR) is 53.7 cm³/mol. The van der Waals surface area contributed by atoms with Crippen LogP contribution in [0.5, 0.6) is 5.75 Å². The maximum Gasteiger partial charge on any atom is 0.118 e. The largest absolute Gasteiger partial charge is 0.508 e. The van der Waals surface area contributed by atoms with Crippen molar-refractivity contribution in [3.05, 3.63) is 40.9 Å². The van der Waals surface area contributed by atoms with Crippen molar-refractivity contribution in [3.63, 3.8) is 0 Å². The third-order valence-electron chi connectivity index (χ3n) is 1.12. The first-order chi connectivity index (χ1) is 5.54. The fourth-order valence-electron chi connectivity index (χ4n) is 0.563. The van der Waals surface area contributed by atoms with Crippen LogP contribution in [0.1, 0.15) is 5.56 Å². The van der Waals surface area contributed by atoms with Crippen LogP contribution in [0.15, 0.2) is 35.3 Å².